The van der Waals surface area contributed by atoms with E-state index in [1.165, 1.54) is 0 Å². The Kier molecular flexibility index (Phi) is 20.9. The van der Waals surface area contributed by atoms with Crippen LogP contribution in [-0.2, 0) is 23.8 Å². The SMILES string of the molecule is CCCCNC(=O)CN(CCOCCOCCOCCC)CC(=O)NCCI. The lowest BCUT2D eigenvalue weighted by Crippen LogP contribution is -2.44. The van der Waals surface area contributed by atoms with Gasteiger partial charge in [0.1, 0.15) is 0 Å². The molecule has 0 radical (unpaired) electrons. The van der Waals surface area contributed by atoms with Gasteiger partial charge in [0.05, 0.1) is 46.1 Å². The van der Waals surface area contributed by atoms with Crippen LogP contribution in [0.2, 0.25) is 0 Å². The van der Waals surface area contributed by atoms with Crippen LogP contribution >= 0.6 is 22.6 Å². The Bertz CT molecular complexity index is 389. The fourth-order valence-corrected chi connectivity index (χ4v) is 2.47. The van der Waals surface area contributed by atoms with E-state index in [4.69, 9.17) is 14.2 Å². The van der Waals surface area contributed by atoms with E-state index in [-0.39, 0.29) is 24.9 Å². The number of hydrogen-bond acceptors (Lipinski definition) is 6. The molecule has 0 bridgehead atoms. The third-order valence-corrected chi connectivity index (χ3v) is 4.19. The Hall–Kier alpha value is -0.490. The van der Waals surface area contributed by atoms with Gasteiger partial charge in [-0.2, -0.15) is 0 Å². The summed E-state index contributed by atoms with van der Waals surface area (Å²) < 4.78 is 17.2. The molecule has 9 heteroatoms. The first kappa shape index (κ1) is 27.5. The Balaban J connectivity index is 4.02. The average molecular weight is 515 g/mol. The van der Waals surface area contributed by atoms with Crippen LogP contribution in [0, 0.1) is 0 Å². The summed E-state index contributed by atoms with van der Waals surface area (Å²) in [7, 11) is 0. The molecular formula is C19H38IN3O5. The van der Waals surface area contributed by atoms with E-state index in [2.05, 4.69) is 47.1 Å². The quantitative estimate of drug-likeness (QED) is 0.144. The molecule has 166 valence electrons. The smallest absolute Gasteiger partial charge is 0.234 e. The highest BCUT2D eigenvalue weighted by Gasteiger charge is 2.14. The van der Waals surface area contributed by atoms with Crippen molar-refractivity contribution in [3.8, 4) is 0 Å². The second kappa shape index (κ2) is 21.2. The maximum Gasteiger partial charge on any atom is 0.234 e. The van der Waals surface area contributed by atoms with Crippen LogP contribution in [0.25, 0.3) is 0 Å². The molecule has 0 aromatic rings. The summed E-state index contributed by atoms with van der Waals surface area (Å²) in [4.78, 5) is 25.8. The molecule has 0 heterocycles. The summed E-state index contributed by atoms with van der Waals surface area (Å²) in [5.41, 5.74) is 0. The maximum absolute atomic E-state index is 12.0. The van der Waals surface area contributed by atoms with E-state index >= 15 is 0 Å². The second-order valence-corrected chi connectivity index (χ2v) is 7.37. The maximum atomic E-state index is 12.0. The molecule has 0 spiro atoms. The lowest BCUT2D eigenvalue weighted by atomic mass is 10.3. The van der Waals surface area contributed by atoms with Crippen LogP contribution < -0.4 is 10.6 Å². The van der Waals surface area contributed by atoms with Gasteiger partial charge in [-0.1, -0.05) is 42.9 Å². The van der Waals surface area contributed by atoms with Crippen molar-refractivity contribution in [2.75, 3.05) is 76.8 Å². The summed E-state index contributed by atoms with van der Waals surface area (Å²) in [5.74, 6) is -0.140. The molecule has 8 nitrogen and oxygen atoms in total. The normalized spacial score (nSPS) is 11.0. The fraction of sp³-hybridized carbons (Fsp3) is 0.895. The Morgan fingerprint density at radius 3 is 1.86 bits per heavy atom. The van der Waals surface area contributed by atoms with Crippen LogP contribution in [0.15, 0.2) is 0 Å². The molecular weight excluding hydrogens is 477 g/mol. The van der Waals surface area contributed by atoms with Gasteiger partial charge in [-0.25, -0.2) is 0 Å². The average Bonchev–Trinajstić information content (AvgIpc) is 2.67. The van der Waals surface area contributed by atoms with Crippen molar-refractivity contribution >= 4 is 34.4 Å². The highest BCUT2D eigenvalue weighted by molar-refractivity contribution is 14.1. The van der Waals surface area contributed by atoms with Crippen molar-refractivity contribution in [3.63, 3.8) is 0 Å². The highest BCUT2D eigenvalue weighted by Crippen LogP contribution is 1.92. The van der Waals surface area contributed by atoms with Gasteiger partial charge in [0.2, 0.25) is 11.8 Å². The van der Waals surface area contributed by atoms with Crippen LogP contribution in [0.5, 0.6) is 0 Å². The number of amides is 2. The topological polar surface area (TPSA) is 89.1 Å². The number of unbranched alkanes of at least 4 members (excludes halogenated alkanes) is 1. The number of carbonyl (C=O) groups is 2. The fourth-order valence-electron chi connectivity index (χ4n) is 2.20. The summed E-state index contributed by atoms with van der Waals surface area (Å²) >= 11 is 2.21. The molecule has 0 fully saturated rings. The summed E-state index contributed by atoms with van der Waals surface area (Å²) in [6.45, 7) is 9.67. The van der Waals surface area contributed by atoms with Crippen molar-refractivity contribution < 1.29 is 23.8 Å². The molecule has 0 aromatic heterocycles. The minimum Gasteiger partial charge on any atom is -0.379 e. The Morgan fingerprint density at radius 2 is 1.32 bits per heavy atom. The predicted octanol–water partition coefficient (Wildman–Crippen LogP) is 1.22. The third kappa shape index (κ3) is 18.9. The molecule has 28 heavy (non-hydrogen) atoms. The van der Waals surface area contributed by atoms with E-state index < -0.39 is 0 Å². The molecule has 0 saturated heterocycles. The van der Waals surface area contributed by atoms with Crippen LogP contribution in [-0.4, -0.2) is 93.5 Å². The molecule has 0 aliphatic heterocycles. The predicted molar refractivity (Wildman–Crippen MR) is 119 cm³/mol. The molecule has 0 aliphatic carbocycles. The van der Waals surface area contributed by atoms with E-state index in [1.54, 1.807) is 0 Å². The highest BCUT2D eigenvalue weighted by atomic mass is 127. The van der Waals surface area contributed by atoms with Crippen molar-refractivity contribution in [3.05, 3.63) is 0 Å². The lowest BCUT2D eigenvalue weighted by molar-refractivity contribution is -0.125. The Morgan fingerprint density at radius 1 is 0.786 bits per heavy atom. The second-order valence-electron chi connectivity index (χ2n) is 6.29. The molecule has 0 saturated carbocycles. The largest absolute Gasteiger partial charge is 0.379 e. The molecule has 2 amide bonds. The van der Waals surface area contributed by atoms with Gasteiger partial charge in [0.25, 0.3) is 0 Å². The first-order chi connectivity index (χ1) is 13.6. The van der Waals surface area contributed by atoms with Gasteiger partial charge in [-0.05, 0) is 12.8 Å². The number of nitrogens with one attached hydrogen (secondary N) is 2. The zero-order valence-corrected chi connectivity index (χ0v) is 19.6. The van der Waals surface area contributed by atoms with Crippen LogP contribution in [0.3, 0.4) is 0 Å². The first-order valence-corrected chi connectivity index (χ1v) is 11.7. The molecule has 2 N–H and O–H groups in total. The number of ether oxygens (including phenoxy) is 3. The van der Waals surface area contributed by atoms with E-state index in [0.29, 0.717) is 52.7 Å². The number of hydrogen-bond donors (Lipinski definition) is 2. The zero-order valence-electron chi connectivity index (χ0n) is 17.5. The van der Waals surface area contributed by atoms with E-state index in [0.717, 1.165) is 30.3 Å². The van der Waals surface area contributed by atoms with Gasteiger partial charge in [-0.3, -0.25) is 14.5 Å². The van der Waals surface area contributed by atoms with Crippen molar-refractivity contribution in [1.29, 1.82) is 0 Å². The van der Waals surface area contributed by atoms with Gasteiger partial charge in [0, 0.05) is 30.7 Å². The number of alkyl halides is 1. The lowest BCUT2D eigenvalue weighted by Gasteiger charge is -2.21. The number of rotatable bonds is 20. The van der Waals surface area contributed by atoms with E-state index in [9.17, 15) is 9.59 Å². The molecule has 0 aromatic carbocycles. The summed E-state index contributed by atoms with van der Waals surface area (Å²) in [5, 5.41) is 5.72. The van der Waals surface area contributed by atoms with E-state index in [1.807, 2.05) is 4.90 Å². The monoisotopic (exact) mass is 515 g/mol. The number of nitrogens with zero attached hydrogens (tertiary/aromatic N) is 1. The number of halogens is 1. The van der Waals surface area contributed by atoms with Crippen LogP contribution in [0.4, 0.5) is 0 Å². The molecule has 0 unspecified atom stereocenters. The van der Waals surface area contributed by atoms with Gasteiger partial charge >= 0.3 is 0 Å². The first-order valence-electron chi connectivity index (χ1n) is 10.2. The molecule has 0 aliphatic rings. The minimum absolute atomic E-state index is 0.0643. The minimum atomic E-state index is -0.0755. The van der Waals surface area contributed by atoms with Crippen molar-refractivity contribution in [1.82, 2.24) is 15.5 Å². The van der Waals surface area contributed by atoms with Crippen molar-refractivity contribution in [2.24, 2.45) is 0 Å². The number of carbonyl (C=O) groups excluding carboxylic acids is 2. The molecule has 0 rings (SSSR count). The molecule has 0 atom stereocenters. The standard InChI is InChI=1S/C19H38IN3O5/c1-3-5-7-21-18(24)16-23(17-19(25)22-8-6-20)9-11-27-13-15-28-14-12-26-10-4-2/h3-17H2,1-2H3,(H,21,24)(H,22,25). The Labute approximate surface area is 183 Å². The van der Waals surface area contributed by atoms with Gasteiger partial charge < -0.3 is 24.8 Å². The van der Waals surface area contributed by atoms with Crippen LogP contribution in [0.1, 0.15) is 33.1 Å². The van der Waals surface area contributed by atoms with Gasteiger partial charge in [0.15, 0.2) is 0 Å². The summed E-state index contributed by atoms with van der Waals surface area (Å²) in [6.07, 6.45) is 2.99. The zero-order chi connectivity index (χ0) is 20.9. The van der Waals surface area contributed by atoms with Gasteiger partial charge in [-0.15, -0.1) is 0 Å². The van der Waals surface area contributed by atoms with Crippen molar-refractivity contribution in [2.45, 2.75) is 33.1 Å². The summed E-state index contributed by atoms with van der Waals surface area (Å²) in [6, 6.07) is 0. The third-order valence-electron chi connectivity index (χ3n) is 3.65.